The summed E-state index contributed by atoms with van der Waals surface area (Å²) in [7, 11) is 1.49. The smallest absolute Gasteiger partial charge is 0.295 e. The number of ketones is 1. The molecule has 8 heteroatoms. The number of carbonyl (C=O) groups is 2. The standard InChI is InChI=1S/C25H28Cl2N2O4/c1-4-28(5-2)12-7-13-29-22(16-8-6-9-18(26)14-16)21(24(31)25(29)32)23(30)17-10-11-20(33-3)19(27)15-17/h6,8-11,14-15,22,30H,4-5,7,12-13H2,1-3H3/b23-21+/t22-/m1/s1. The van der Waals surface area contributed by atoms with Gasteiger partial charge in [-0.2, -0.15) is 0 Å². The molecule has 176 valence electrons. The van der Waals surface area contributed by atoms with Crippen LogP contribution in [0.3, 0.4) is 0 Å². The first-order valence-electron chi connectivity index (χ1n) is 10.9. The van der Waals surface area contributed by atoms with Crippen molar-refractivity contribution in [3.63, 3.8) is 0 Å². The molecule has 1 aliphatic rings. The highest BCUT2D eigenvalue weighted by molar-refractivity contribution is 6.46. The van der Waals surface area contributed by atoms with Crippen molar-refractivity contribution in [2.75, 3.05) is 33.3 Å². The predicted octanol–water partition coefficient (Wildman–Crippen LogP) is 5.16. The van der Waals surface area contributed by atoms with Gasteiger partial charge in [0.2, 0.25) is 0 Å². The molecule has 2 aromatic rings. The van der Waals surface area contributed by atoms with E-state index in [-0.39, 0.29) is 16.4 Å². The van der Waals surface area contributed by atoms with Crippen molar-refractivity contribution in [1.29, 1.82) is 0 Å². The van der Waals surface area contributed by atoms with Crippen LogP contribution in [0.25, 0.3) is 5.76 Å². The van der Waals surface area contributed by atoms with Crippen molar-refractivity contribution in [3.05, 3.63) is 69.2 Å². The van der Waals surface area contributed by atoms with Crippen molar-refractivity contribution in [3.8, 4) is 5.75 Å². The van der Waals surface area contributed by atoms with Gasteiger partial charge in [0.05, 0.1) is 23.7 Å². The molecular formula is C25H28Cl2N2O4. The van der Waals surface area contributed by atoms with Crippen molar-refractivity contribution in [2.24, 2.45) is 0 Å². The summed E-state index contributed by atoms with van der Waals surface area (Å²) < 4.78 is 5.17. The highest BCUT2D eigenvalue weighted by Crippen LogP contribution is 2.40. The molecule has 2 aromatic carbocycles. The average molecular weight is 491 g/mol. The average Bonchev–Trinajstić information content (AvgIpc) is 3.06. The Morgan fingerprint density at radius 3 is 2.45 bits per heavy atom. The molecule has 1 atom stereocenters. The molecule has 3 rings (SSSR count). The number of hydrogen-bond donors (Lipinski definition) is 1. The van der Waals surface area contributed by atoms with Crippen LogP contribution in [0.15, 0.2) is 48.0 Å². The molecule has 0 aliphatic carbocycles. The second kappa shape index (κ2) is 11.1. The molecule has 0 unspecified atom stereocenters. The van der Waals surface area contributed by atoms with Gasteiger partial charge in [-0.15, -0.1) is 0 Å². The molecular weight excluding hydrogens is 463 g/mol. The molecule has 0 saturated carbocycles. The van der Waals surface area contributed by atoms with Crippen molar-refractivity contribution in [2.45, 2.75) is 26.3 Å². The van der Waals surface area contributed by atoms with E-state index in [1.54, 1.807) is 36.4 Å². The third-order valence-corrected chi connectivity index (χ3v) is 6.43. The van der Waals surface area contributed by atoms with E-state index < -0.39 is 17.7 Å². The van der Waals surface area contributed by atoms with Crippen molar-refractivity contribution >= 4 is 40.7 Å². The van der Waals surface area contributed by atoms with Crippen LogP contribution in [0.5, 0.6) is 5.75 Å². The summed E-state index contributed by atoms with van der Waals surface area (Å²) in [5.74, 6) is -1.21. The molecule has 0 aromatic heterocycles. The monoisotopic (exact) mass is 490 g/mol. The Balaban J connectivity index is 2.05. The largest absolute Gasteiger partial charge is 0.507 e. The summed E-state index contributed by atoms with van der Waals surface area (Å²) in [5.41, 5.74) is 1.01. The topological polar surface area (TPSA) is 70.1 Å². The van der Waals surface area contributed by atoms with E-state index in [4.69, 9.17) is 27.9 Å². The number of carbonyl (C=O) groups excluding carboxylic acids is 2. The van der Waals surface area contributed by atoms with Crippen LogP contribution < -0.4 is 4.74 Å². The Labute approximate surface area is 204 Å². The fourth-order valence-electron chi connectivity index (χ4n) is 4.11. The lowest BCUT2D eigenvalue weighted by Crippen LogP contribution is -2.33. The minimum absolute atomic E-state index is 0.0198. The van der Waals surface area contributed by atoms with E-state index in [2.05, 4.69) is 18.7 Å². The fourth-order valence-corrected chi connectivity index (χ4v) is 4.56. The van der Waals surface area contributed by atoms with Gasteiger partial charge >= 0.3 is 0 Å². The summed E-state index contributed by atoms with van der Waals surface area (Å²) in [4.78, 5) is 29.9. The number of likely N-dealkylation sites (tertiary alicyclic amines) is 1. The lowest BCUT2D eigenvalue weighted by molar-refractivity contribution is -0.140. The molecule has 1 aliphatic heterocycles. The number of benzene rings is 2. The van der Waals surface area contributed by atoms with Gasteiger partial charge < -0.3 is 19.6 Å². The molecule has 1 amide bonds. The zero-order valence-corrected chi connectivity index (χ0v) is 20.5. The number of Topliss-reactive ketones (excluding diaryl/α,β-unsaturated/α-hetero) is 1. The normalized spacial score (nSPS) is 17.8. The summed E-state index contributed by atoms with van der Waals surface area (Å²) in [6.07, 6.45) is 0.695. The third kappa shape index (κ3) is 5.35. The zero-order chi connectivity index (χ0) is 24.1. The summed E-state index contributed by atoms with van der Waals surface area (Å²) >= 11 is 12.5. The van der Waals surface area contributed by atoms with Crippen LogP contribution >= 0.6 is 23.2 Å². The fraction of sp³-hybridized carbons (Fsp3) is 0.360. The van der Waals surface area contributed by atoms with E-state index >= 15 is 0 Å². The number of aliphatic hydroxyl groups excluding tert-OH is 1. The molecule has 1 saturated heterocycles. The number of aliphatic hydroxyl groups is 1. The van der Waals surface area contributed by atoms with Gasteiger partial charge in [0, 0.05) is 17.1 Å². The Bertz CT molecular complexity index is 1070. The number of hydrogen-bond acceptors (Lipinski definition) is 5. The number of methoxy groups -OCH3 is 1. The molecule has 0 radical (unpaired) electrons. The molecule has 33 heavy (non-hydrogen) atoms. The Kier molecular flexibility index (Phi) is 8.40. The number of halogens is 2. The van der Waals surface area contributed by atoms with Gasteiger partial charge in [-0.05, 0) is 62.0 Å². The SMILES string of the molecule is CCN(CC)CCCN1C(=O)C(=O)/C(=C(/O)c2ccc(OC)c(Cl)c2)[C@H]1c1cccc(Cl)c1. The van der Waals surface area contributed by atoms with Gasteiger partial charge in [-0.3, -0.25) is 9.59 Å². The second-order valence-electron chi connectivity index (χ2n) is 7.78. The van der Waals surface area contributed by atoms with Gasteiger partial charge in [0.1, 0.15) is 11.5 Å². The van der Waals surface area contributed by atoms with Crippen LogP contribution in [0.1, 0.15) is 37.4 Å². The quantitative estimate of drug-likeness (QED) is 0.298. The first-order valence-corrected chi connectivity index (χ1v) is 11.7. The van der Waals surface area contributed by atoms with E-state index in [1.807, 2.05) is 0 Å². The van der Waals surface area contributed by atoms with Crippen LogP contribution in [0, 0.1) is 0 Å². The summed E-state index contributed by atoms with van der Waals surface area (Å²) in [5, 5.41) is 11.9. The molecule has 1 heterocycles. The lowest BCUT2D eigenvalue weighted by Gasteiger charge is -2.27. The molecule has 1 N–H and O–H groups in total. The minimum Gasteiger partial charge on any atom is -0.507 e. The minimum atomic E-state index is -0.749. The Morgan fingerprint density at radius 2 is 1.85 bits per heavy atom. The van der Waals surface area contributed by atoms with Gasteiger partial charge in [0.25, 0.3) is 11.7 Å². The number of amides is 1. The van der Waals surface area contributed by atoms with Gasteiger partial charge in [-0.25, -0.2) is 0 Å². The maximum absolute atomic E-state index is 13.1. The lowest BCUT2D eigenvalue weighted by atomic mass is 9.95. The van der Waals surface area contributed by atoms with Gasteiger partial charge in [0.15, 0.2) is 0 Å². The number of nitrogens with zero attached hydrogens (tertiary/aromatic N) is 2. The highest BCUT2D eigenvalue weighted by Gasteiger charge is 2.45. The molecule has 6 nitrogen and oxygen atoms in total. The zero-order valence-electron chi connectivity index (χ0n) is 19.0. The Morgan fingerprint density at radius 1 is 1.12 bits per heavy atom. The Hall–Kier alpha value is -2.54. The van der Waals surface area contributed by atoms with Crippen molar-refractivity contribution < 1.29 is 19.4 Å². The van der Waals surface area contributed by atoms with Gasteiger partial charge in [-0.1, -0.05) is 49.2 Å². The predicted molar refractivity (Wildman–Crippen MR) is 131 cm³/mol. The number of rotatable bonds is 9. The van der Waals surface area contributed by atoms with Crippen molar-refractivity contribution in [1.82, 2.24) is 9.80 Å². The maximum Gasteiger partial charge on any atom is 0.295 e. The number of ether oxygens (including phenoxy) is 1. The van der Waals surface area contributed by atoms with Crippen LogP contribution in [-0.4, -0.2) is 59.9 Å². The molecule has 0 bridgehead atoms. The summed E-state index contributed by atoms with van der Waals surface area (Å²) in [6.45, 7) is 7.16. The first kappa shape index (κ1) is 25.1. The van der Waals surface area contributed by atoms with Crippen LogP contribution in [0.4, 0.5) is 0 Å². The highest BCUT2D eigenvalue weighted by atomic mass is 35.5. The maximum atomic E-state index is 13.1. The van der Waals surface area contributed by atoms with E-state index in [9.17, 15) is 14.7 Å². The van der Waals surface area contributed by atoms with E-state index in [1.165, 1.54) is 18.1 Å². The third-order valence-electron chi connectivity index (χ3n) is 5.90. The molecule has 0 spiro atoms. The van der Waals surface area contributed by atoms with Crippen LogP contribution in [-0.2, 0) is 9.59 Å². The summed E-state index contributed by atoms with van der Waals surface area (Å²) in [6, 6.07) is 11.0. The van der Waals surface area contributed by atoms with E-state index in [0.29, 0.717) is 34.9 Å². The second-order valence-corrected chi connectivity index (χ2v) is 8.62. The molecule has 1 fully saturated rings. The van der Waals surface area contributed by atoms with E-state index in [0.717, 1.165) is 19.6 Å². The first-order chi connectivity index (χ1) is 15.8. The van der Waals surface area contributed by atoms with Crippen LogP contribution in [0.2, 0.25) is 10.0 Å².